The number of nitrogens with zero attached hydrogens (tertiary/aromatic N) is 1. The predicted molar refractivity (Wildman–Crippen MR) is 129 cm³/mol. The van der Waals surface area contributed by atoms with Crippen molar-refractivity contribution in [2.24, 2.45) is 0 Å². The number of ether oxygens (including phenoxy) is 1. The lowest BCUT2D eigenvalue weighted by molar-refractivity contribution is 0.0947. The van der Waals surface area contributed by atoms with Crippen molar-refractivity contribution in [2.45, 2.75) is 19.3 Å². The van der Waals surface area contributed by atoms with Crippen LogP contribution in [0, 0.1) is 0 Å². The number of hydrogen-bond donors (Lipinski definition) is 2. The van der Waals surface area contributed by atoms with E-state index in [1.54, 1.807) is 13.2 Å². The molecule has 4 rings (SSSR count). The average molecular weight is 432 g/mol. The maximum Gasteiger partial charge on any atom is 0.256 e. The fourth-order valence-corrected chi connectivity index (χ4v) is 4.16. The van der Waals surface area contributed by atoms with E-state index in [0.717, 1.165) is 48.8 Å². The normalized spacial score (nSPS) is 13.3. The maximum absolute atomic E-state index is 13.1. The highest BCUT2D eigenvalue weighted by Gasteiger charge is 2.21. The third-order valence-electron chi connectivity index (χ3n) is 5.79. The van der Waals surface area contributed by atoms with Crippen molar-refractivity contribution < 1.29 is 14.3 Å². The van der Waals surface area contributed by atoms with Gasteiger partial charge in [-0.25, -0.2) is 0 Å². The van der Waals surface area contributed by atoms with Gasteiger partial charge in [-0.2, -0.15) is 0 Å². The maximum atomic E-state index is 13.1. The summed E-state index contributed by atoms with van der Waals surface area (Å²) in [5.74, 6) is -0.327. The molecule has 0 saturated carbocycles. The summed E-state index contributed by atoms with van der Waals surface area (Å²) in [4.78, 5) is 28.3. The molecule has 0 aliphatic carbocycles. The molecule has 0 radical (unpaired) electrons. The van der Waals surface area contributed by atoms with Crippen molar-refractivity contribution in [3.05, 3.63) is 71.8 Å². The highest BCUT2D eigenvalue weighted by molar-refractivity contribution is 6.13. The van der Waals surface area contributed by atoms with Crippen LogP contribution in [0.15, 0.2) is 60.7 Å². The molecule has 3 aromatic carbocycles. The van der Waals surface area contributed by atoms with Crippen molar-refractivity contribution >= 4 is 34.0 Å². The van der Waals surface area contributed by atoms with Crippen LogP contribution in [0.5, 0.6) is 0 Å². The molecule has 2 N–H and O–H groups in total. The van der Waals surface area contributed by atoms with Gasteiger partial charge in [0.1, 0.15) is 0 Å². The second kappa shape index (κ2) is 10.3. The number of hydrogen-bond acceptors (Lipinski definition) is 4. The van der Waals surface area contributed by atoms with E-state index < -0.39 is 0 Å². The molecule has 1 aliphatic rings. The molecule has 0 spiro atoms. The fraction of sp³-hybridized carbons (Fsp3) is 0.308. The molecule has 0 bridgehead atoms. The number of methoxy groups -OCH3 is 1. The average Bonchev–Trinajstić information content (AvgIpc) is 3.36. The van der Waals surface area contributed by atoms with Crippen molar-refractivity contribution in [3.63, 3.8) is 0 Å². The number of amides is 2. The van der Waals surface area contributed by atoms with Crippen molar-refractivity contribution in [1.82, 2.24) is 5.32 Å². The summed E-state index contributed by atoms with van der Waals surface area (Å²) < 4.78 is 5.06. The van der Waals surface area contributed by atoms with Crippen LogP contribution < -0.4 is 15.5 Å². The lowest BCUT2D eigenvalue weighted by Gasteiger charge is -2.22. The SMILES string of the molecule is COCCCNC(=O)c1cc(NC(=O)c2cccc3ccccc23)ccc1N1CCCC1. The molecule has 0 aromatic heterocycles. The molecular weight excluding hydrogens is 402 g/mol. The van der Waals surface area contributed by atoms with Crippen LogP contribution in [0.4, 0.5) is 11.4 Å². The summed E-state index contributed by atoms with van der Waals surface area (Å²) in [5.41, 5.74) is 2.71. The van der Waals surface area contributed by atoms with Crippen LogP contribution in [0.3, 0.4) is 0 Å². The van der Waals surface area contributed by atoms with Crippen LogP contribution >= 0.6 is 0 Å². The Morgan fingerprint density at radius 1 is 0.938 bits per heavy atom. The minimum atomic E-state index is -0.192. The lowest BCUT2D eigenvalue weighted by Crippen LogP contribution is -2.29. The predicted octanol–water partition coefficient (Wildman–Crippen LogP) is 4.46. The molecule has 3 aromatic rings. The monoisotopic (exact) mass is 431 g/mol. The van der Waals surface area contributed by atoms with Crippen LogP contribution in [-0.4, -0.2) is 45.2 Å². The van der Waals surface area contributed by atoms with Gasteiger partial charge in [0, 0.05) is 50.3 Å². The number of benzene rings is 3. The number of anilines is 2. The van der Waals surface area contributed by atoms with Crippen molar-refractivity contribution in [2.75, 3.05) is 43.6 Å². The van der Waals surface area contributed by atoms with E-state index in [2.05, 4.69) is 15.5 Å². The molecule has 1 fully saturated rings. The Balaban J connectivity index is 1.58. The topological polar surface area (TPSA) is 70.7 Å². The van der Waals surface area contributed by atoms with Gasteiger partial charge in [-0.1, -0.05) is 36.4 Å². The van der Waals surface area contributed by atoms with Crippen LogP contribution in [0.1, 0.15) is 40.0 Å². The van der Waals surface area contributed by atoms with Gasteiger partial charge in [0.15, 0.2) is 0 Å². The van der Waals surface area contributed by atoms with Gasteiger partial charge in [0.05, 0.1) is 5.56 Å². The summed E-state index contributed by atoms with van der Waals surface area (Å²) >= 11 is 0. The zero-order chi connectivity index (χ0) is 22.3. The van der Waals surface area contributed by atoms with Crippen LogP contribution in [0.25, 0.3) is 10.8 Å². The minimum Gasteiger partial charge on any atom is -0.385 e. The smallest absolute Gasteiger partial charge is 0.256 e. The van der Waals surface area contributed by atoms with Gasteiger partial charge in [-0.05, 0) is 54.3 Å². The zero-order valence-electron chi connectivity index (χ0n) is 18.4. The number of carbonyl (C=O) groups is 2. The van der Waals surface area contributed by atoms with E-state index in [1.807, 2.05) is 54.6 Å². The molecule has 2 amide bonds. The molecule has 1 saturated heterocycles. The third kappa shape index (κ3) is 4.92. The Morgan fingerprint density at radius 2 is 1.72 bits per heavy atom. The quantitative estimate of drug-likeness (QED) is 0.517. The summed E-state index contributed by atoms with van der Waals surface area (Å²) in [6, 6.07) is 19.1. The standard InChI is InChI=1S/C26H29N3O3/c1-32-17-7-14-27-25(30)23-18-20(12-13-24(23)29-15-4-5-16-29)28-26(31)22-11-6-9-19-8-2-3-10-21(19)22/h2-3,6,8-13,18H,4-5,7,14-17H2,1H3,(H,27,30)(H,28,31). The summed E-state index contributed by atoms with van der Waals surface area (Å²) in [5, 5.41) is 7.87. The number of nitrogens with one attached hydrogen (secondary N) is 2. The number of carbonyl (C=O) groups excluding carboxylic acids is 2. The highest BCUT2D eigenvalue weighted by Crippen LogP contribution is 2.28. The van der Waals surface area contributed by atoms with Gasteiger partial charge in [-0.3, -0.25) is 9.59 Å². The molecule has 1 heterocycles. The first-order valence-corrected chi connectivity index (χ1v) is 11.1. The van der Waals surface area contributed by atoms with E-state index in [0.29, 0.717) is 30.0 Å². The lowest BCUT2D eigenvalue weighted by atomic mass is 10.0. The largest absolute Gasteiger partial charge is 0.385 e. The molecule has 6 heteroatoms. The Bertz CT molecular complexity index is 1100. The van der Waals surface area contributed by atoms with E-state index in [9.17, 15) is 9.59 Å². The summed E-state index contributed by atoms with van der Waals surface area (Å²) in [6.07, 6.45) is 2.99. The second-order valence-corrected chi connectivity index (χ2v) is 8.01. The first-order valence-electron chi connectivity index (χ1n) is 11.1. The minimum absolute atomic E-state index is 0.135. The Hall–Kier alpha value is -3.38. The van der Waals surface area contributed by atoms with E-state index >= 15 is 0 Å². The number of fused-ring (bicyclic) bond motifs is 1. The van der Waals surface area contributed by atoms with Crippen LogP contribution in [-0.2, 0) is 4.74 Å². The van der Waals surface area contributed by atoms with Gasteiger partial charge in [0.2, 0.25) is 0 Å². The van der Waals surface area contributed by atoms with Gasteiger partial charge >= 0.3 is 0 Å². The molecule has 32 heavy (non-hydrogen) atoms. The molecule has 6 nitrogen and oxygen atoms in total. The van der Waals surface area contributed by atoms with Gasteiger partial charge < -0.3 is 20.3 Å². The molecular formula is C26H29N3O3. The zero-order valence-corrected chi connectivity index (χ0v) is 18.4. The summed E-state index contributed by atoms with van der Waals surface area (Å²) in [7, 11) is 1.65. The second-order valence-electron chi connectivity index (χ2n) is 8.01. The fourth-order valence-electron chi connectivity index (χ4n) is 4.16. The van der Waals surface area contributed by atoms with E-state index in [4.69, 9.17) is 4.74 Å². The van der Waals surface area contributed by atoms with Crippen molar-refractivity contribution in [3.8, 4) is 0 Å². The first kappa shape index (κ1) is 21.8. The van der Waals surface area contributed by atoms with Gasteiger partial charge in [-0.15, -0.1) is 0 Å². The Morgan fingerprint density at radius 3 is 2.53 bits per heavy atom. The first-order chi connectivity index (χ1) is 15.7. The number of rotatable bonds is 8. The molecule has 1 aliphatic heterocycles. The third-order valence-corrected chi connectivity index (χ3v) is 5.79. The van der Waals surface area contributed by atoms with E-state index in [1.165, 1.54) is 0 Å². The summed E-state index contributed by atoms with van der Waals surface area (Å²) in [6.45, 7) is 3.01. The molecule has 0 atom stereocenters. The van der Waals surface area contributed by atoms with E-state index in [-0.39, 0.29) is 11.8 Å². The van der Waals surface area contributed by atoms with Crippen LogP contribution in [0.2, 0.25) is 0 Å². The highest BCUT2D eigenvalue weighted by atomic mass is 16.5. The Labute approximate surface area is 188 Å². The Kier molecular flexibility index (Phi) is 7.02. The van der Waals surface area contributed by atoms with Gasteiger partial charge in [0.25, 0.3) is 11.8 Å². The molecule has 166 valence electrons. The molecule has 0 unspecified atom stereocenters. The van der Waals surface area contributed by atoms with Crippen molar-refractivity contribution in [1.29, 1.82) is 0 Å².